The molecule has 4 heteroatoms. The molecule has 0 amide bonds. The Balaban J connectivity index is 2.36. The van der Waals surface area contributed by atoms with Crippen molar-refractivity contribution < 1.29 is 9.18 Å². The molecule has 0 spiro atoms. The van der Waals surface area contributed by atoms with Gasteiger partial charge in [-0.15, -0.1) is 0 Å². The van der Waals surface area contributed by atoms with E-state index in [0.717, 1.165) is 13.1 Å². The number of likely N-dealkylation sites (N-methyl/N-ethyl adjacent to an activating group) is 1. The average Bonchev–Trinajstić information content (AvgIpc) is 2.70. The van der Waals surface area contributed by atoms with E-state index in [-0.39, 0.29) is 11.6 Å². The largest absolute Gasteiger partial charge is 0.367 e. The van der Waals surface area contributed by atoms with Crippen LogP contribution in [0.15, 0.2) is 18.2 Å². The fourth-order valence-corrected chi connectivity index (χ4v) is 2.93. The second kappa shape index (κ2) is 5.29. The Bertz CT molecular complexity index is 487. The van der Waals surface area contributed by atoms with Gasteiger partial charge < -0.3 is 9.80 Å². The molecule has 2 unspecified atom stereocenters. The molecule has 0 saturated carbocycles. The first kappa shape index (κ1) is 14.0. The summed E-state index contributed by atoms with van der Waals surface area (Å²) in [4.78, 5) is 15.8. The Morgan fingerprint density at radius 2 is 2.05 bits per heavy atom. The minimum Gasteiger partial charge on any atom is -0.367 e. The number of hydrogen-bond donors (Lipinski definition) is 0. The summed E-state index contributed by atoms with van der Waals surface area (Å²) >= 11 is 0. The molecule has 1 saturated heterocycles. The number of carbonyl (C=O) groups excluding carboxylic acids is 1. The maximum absolute atomic E-state index is 14.1. The number of carbonyl (C=O) groups is 1. The van der Waals surface area contributed by atoms with Gasteiger partial charge in [0.1, 0.15) is 5.82 Å². The third-order valence-electron chi connectivity index (χ3n) is 3.92. The lowest BCUT2D eigenvalue weighted by Gasteiger charge is -2.24. The molecule has 0 N–H and O–H groups in total. The standard InChI is InChI=1S/C15H21FN2O/c1-10-8-18(9-14(10)17(3)4)15-12(11(2)19)6-5-7-13(15)16/h5-7,10,14H,8-9H2,1-4H3. The number of ketones is 1. The van der Waals surface area contributed by atoms with Crippen LogP contribution in [0.5, 0.6) is 0 Å². The van der Waals surface area contributed by atoms with Crippen LogP contribution in [0.1, 0.15) is 24.2 Å². The van der Waals surface area contributed by atoms with E-state index in [9.17, 15) is 9.18 Å². The number of halogens is 1. The zero-order valence-corrected chi connectivity index (χ0v) is 12.0. The molecule has 1 aliphatic heterocycles. The van der Waals surface area contributed by atoms with Crippen molar-refractivity contribution in [3.8, 4) is 0 Å². The van der Waals surface area contributed by atoms with Gasteiger partial charge in [0, 0.05) is 24.7 Å². The quantitative estimate of drug-likeness (QED) is 0.783. The molecule has 1 fully saturated rings. The molecule has 0 bridgehead atoms. The van der Waals surface area contributed by atoms with E-state index in [1.54, 1.807) is 12.1 Å². The molecule has 1 heterocycles. The van der Waals surface area contributed by atoms with Gasteiger partial charge in [0.05, 0.1) is 5.69 Å². The van der Waals surface area contributed by atoms with E-state index in [1.807, 2.05) is 19.0 Å². The predicted octanol–water partition coefficient (Wildman–Crippen LogP) is 2.41. The number of benzene rings is 1. The molecule has 2 atom stereocenters. The lowest BCUT2D eigenvalue weighted by Crippen LogP contribution is -2.34. The molecular weight excluding hydrogens is 243 g/mol. The van der Waals surface area contributed by atoms with Gasteiger partial charge in [-0.2, -0.15) is 0 Å². The zero-order valence-electron chi connectivity index (χ0n) is 12.0. The van der Waals surface area contributed by atoms with Crippen molar-refractivity contribution in [1.29, 1.82) is 0 Å². The van der Waals surface area contributed by atoms with Crippen LogP contribution < -0.4 is 4.90 Å². The smallest absolute Gasteiger partial charge is 0.161 e. The highest BCUT2D eigenvalue weighted by Crippen LogP contribution is 2.31. The molecule has 2 rings (SSSR count). The van der Waals surface area contributed by atoms with Gasteiger partial charge in [-0.3, -0.25) is 4.79 Å². The van der Waals surface area contributed by atoms with E-state index in [1.165, 1.54) is 13.0 Å². The zero-order chi connectivity index (χ0) is 14.2. The normalized spacial score (nSPS) is 23.2. The van der Waals surface area contributed by atoms with Gasteiger partial charge >= 0.3 is 0 Å². The fraction of sp³-hybridized carbons (Fsp3) is 0.533. The van der Waals surface area contributed by atoms with Crippen molar-refractivity contribution in [2.45, 2.75) is 19.9 Å². The van der Waals surface area contributed by atoms with Crippen LogP contribution in [0.25, 0.3) is 0 Å². The van der Waals surface area contributed by atoms with Gasteiger partial charge in [-0.1, -0.05) is 13.0 Å². The Morgan fingerprint density at radius 1 is 1.37 bits per heavy atom. The number of para-hydroxylation sites is 1. The fourth-order valence-electron chi connectivity index (χ4n) is 2.93. The number of anilines is 1. The van der Waals surface area contributed by atoms with E-state index in [0.29, 0.717) is 23.2 Å². The highest BCUT2D eigenvalue weighted by Gasteiger charge is 2.33. The van der Waals surface area contributed by atoms with Crippen LogP contribution in [-0.2, 0) is 0 Å². The van der Waals surface area contributed by atoms with Crippen LogP contribution in [-0.4, -0.2) is 43.9 Å². The predicted molar refractivity (Wildman–Crippen MR) is 75.3 cm³/mol. The summed E-state index contributed by atoms with van der Waals surface area (Å²) in [5.41, 5.74) is 0.942. The van der Waals surface area contributed by atoms with Crippen LogP contribution in [0, 0.1) is 11.7 Å². The maximum Gasteiger partial charge on any atom is 0.161 e. The monoisotopic (exact) mass is 264 g/mol. The summed E-state index contributed by atoms with van der Waals surface area (Å²) in [6.07, 6.45) is 0. The van der Waals surface area contributed by atoms with Crippen molar-refractivity contribution in [2.75, 3.05) is 32.1 Å². The molecule has 19 heavy (non-hydrogen) atoms. The molecule has 104 valence electrons. The lowest BCUT2D eigenvalue weighted by atomic mass is 10.1. The SMILES string of the molecule is CC(=O)c1cccc(F)c1N1CC(C)C(N(C)C)C1. The van der Waals surface area contributed by atoms with E-state index < -0.39 is 0 Å². The molecule has 1 aliphatic rings. The highest BCUT2D eigenvalue weighted by molar-refractivity contribution is 5.99. The molecule has 1 aromatic rings. The Kier molecular flexibility index (Phi) is 3.90. The summed E-state index contributed by atoms with van der Waals surface area (Å²) < 4.78 is 14.1. The van der Waals surface area contributed by atoms with E-state index >= 15 is 0 Å². The average molecular weight is 264 g/mol. The molecule has 0 aliphatic carbocycles. The topological polar surface area (TPSA) is 23.6 Å². The summed E-state index contributed by atoms with van der Waals surface area (Å²) in [5.74, 6) is 0.0594. The first-order valence-electron chi connectivity index (χ1n) is 6.62. The molecular formula is C15H21FN2O. The lowest BCUT2D eigenvalue weighted by molar-refractivity contribution is 0.101. The number of rotatable bonds is 3. The number of Topliss-reactive ketones (excluding diaryl/α,β-unsaturated/α-hetero) is 1. The Morgan fingerprint density at radius 3 is 2.58 bits per heavy atom. The highest BCUT2D eigenvalue weighted by atomic mass is 19.1. The van der Waals surface area contributed by atoms with Crippen molar-refractivity contribution in [3.05, 3.63) is 29.6 Å². The van der Waals surface area contributed by atoms with Gasteiger partial charge in [0.2, 0.25) is 0 Å². The van der Waals surface area contributed by atoms with Crippen molar-refractivity contribution in [1.82, 2.24) is 4.90 Å². The van der Waals surface area contributed by atoms with Crippen molar-refractivity contribution in [3.63, 3.8) is 0 Å². The second-order valence-electron chi connectivity index (χ2n) is 5.61. The van der Waals surface area contributed by atoms with Gasteiger partial charge in [0.25, 0.3) is 0 Å². The van der Waals surface area contributed by atoms with Crippen molar-refractivity contribution in [2.24, 2.45) is 5.92 Å². The summed E-state index contributed by atoms with van der Waals surface area (Å²) in [7, 11) is 4.08. The van der Waals surface area contributed by atoms with Gasteiger partial charge in [-0.25, -0.2) is 4.39 Å². The van der Waals surface area contributed by atoms with Crippen LogP contribution in [0.2, 0.25) is 0 Å². The third kappa shape index (κ3) is 2.63. The minimum atomic E-state index is -0.306. The van der Waals surface area contributed by atoms with Gasteiger partial charge in [0.15, 0.2) is 5.78 Å². The van der Waals surface area contributed by atoms with Crippen LogP contribution >= 0.6 is 0 Å². The van der Waals surface area contributed by atoms with Crippen LogP contribution in [0.3, 0.4) is 0 Å². The summed E-state index contributed by atoms with van der Waals surface area (Å²) in [6, 6.07) is 5.11. The number of nitrogens with zero attached hydrogens (tertiary/aromatic N) is 2. The first-order chi connectivity index (χ1) is 8.91. The Labute approximate surface area is 114 Å². The van der Waals surface area contributed by atoms with E-state index in [4.69, 9.17) is 0 Å². The molecule has 0 aromatic heterocycles. The van der Waals surface area contributed by atoms with E-state index in [2.05, 4.69) is 11.8 Å². The van der Waals surface area contributed by atoms with Crippen molar-refractivity contribution >= 4 is 11.5 Å². The van der Waals surface area contributed by atoms with Gasteiger partial charge in [-0.05, 0) is 39.1 Å². The second-order valence-corrected chi connectivity index (χ2v) is 5.61. The first-order valence-corrected chi connectivity index (χ1v) is 6.62. The third-order valence-corrected chi connectivity index (χ3v) is 3.92. The molecule has 0 radical (unpaired) electrons. The van der Waals surface area contributed by atoms with Crippen LogP contribution in [0.4, 0.5) is 10.1 Å². The maximum atomic E-state index is 14.1. The summed E-state index contributed by atoms with van der Waals surface area (Å²) in [5, 5.41) is 0. The Hall–Kier alpha value is -1.42. The minimum absolute atomic E-state index is 0.0875. The summed E-state index contributed by atoms with van der Waals surface area (Å²) in [6.45, 7) is 5.19. The molecule has 1 aromatic carbocycles. The number of hydrogen-bond acceptors (Lipinski definition) is 3. The molecule has 3 nitrogen and oxygen atoms in total.